The maximum Gasteiger partial charge on any atom is 0.186 e. The molecule has 1 aromatic carbocycles. The molecule has 0 aromatic heterocycles. The summed E-state index contributed by atoms with van der Waals surface area (Å²) >= 11 is 0. The van der Waals surface area contributed by atoms with Crippen LogP contribution in [0.2, 0.25) is 0 Å². The minimum Gasteiger partial charge on any atom is -0.344 e. The molecule has 0 atom stereocenters. The topological polar surface area (TPSA) is 104 Å². The normalized spacial score (nSPS) is 12.6. The summed E-state index contributed by atoms with van der Waals surface area (Å²) in [5.74, 6) is -0.185. The molecule has 14 heavy (non-hydrogen) atoms. The maximum atomic E-state index is 11.2. The van der Waals surface area contributed by atoms with Gasteiger partial charge >= 0.3 is 0 Å². The van der Waals surface area contributed by atoms with Crippen LogP contribution < -0.4 is 12.3 Å². The molecule has 0 amide bonds. The highest BCUT2D eigenvalue weighted by molar-refractivity contribution is 6.21. The summed E-state index contributed by atoms with van der Waals surface area (Å²) in [6.07, 6.45) is 2.62. The quantitative estimate of drug-likeness (QED) is 0.655. The third kappa shape index (κ3) is 1.76. The molecular weight excluding hydrogens is 180 g/mol. The van der Waals surface area contributed by atoms with E-state index in [-0.39, 0.29) is 23.9 Å². The average molecular weight is 192 g/mol. The van der Waals surface area contributed by atoms with Gasteiger partial charge in [0.15, 0.2) is 11.6 Å². The molecule has 0 spiro atoms. The van der Waals surface area contributed by atoms with Crippen molar-refractivity contribution in [1.82, 2.24) is 12.3 Å². The summed E-state index contributed by atoms with van der Waals surface area (Å²) in [6, 6.07) is 6.84. The van der Waals surface area contributed by atoms with E-state index in [1.54, 1.807) is 24.3 Å². The Morgan fingerprint density at radius 3 is 1.43 bits per heavy atom. The molecule has 74 valence electrons. The van der Waals surface area contributed by atoms with Crippen LogP contribution in [0.5, 0.6) is 0 Å². The zero-order valence-electron chi connectivity index (χ0n) is 7.69. The number of hydrogen-bond donors (Lipinski definition) is 2. The molecule has 0 unspecified atom stereocenters. The minimum atomic E-state index is -0.0924. The fourth-order valence-corrected chi connectivity index (χ4v) is 1.24. The van der Waals surface area contributed by atoms with Crippen molar-refractivity contribution in [3.8, 4) is 0 Å². The van der Waals surface area contributed by atoms with E-state index in [4.69, 9.17) is 0 Å². The van der Waals surface area contributed by atoms with Gasteiger partial charge in [-0.1, -0.05) is 24.3 Å². The molecule has 1 aliphatic rings. The van der Waals surface area contributed by atoms with Crippen LogP contribution in [-0.2, 0) is 0 Å². The molecule has 0 saturated heterocycles. The average Bonchev–Trinajstić information content (AvgIpc) is 2.12. The third-order valence-corrected chi connectivity index (χ3v) is 1.84. The first-order valence-electron chi connectivity index (χ1n) is 3.65. The molecule has 4 heteroatoms. The number of ketones is 2. The van der Waals surface area contributed by atoms with Crippen LogP contribution in [0.15, 0.2) is 36.4 Å². The van der Waals surface area contributed by atoms with E-state index in [0.717, 1.165) is 0 Å². The van der Waals surface area contributed by atoms with Gasteiger partial charge in [0.05, 0.1) is 0 Å². The number of allylic oxidation sites excluding steroid dienone is 2. The molecule has 4 nitrogen and oxygen atoms in total. The molecule has 0 saturated carbocycles. The van der Waals surface area contributed by atoms with Crippen molar-refractivity contribution in [2.45, 2.75) is 0 Å². The van der Waals surface area contributed by atoms with Crippen molar-refractivity contribution in [3.63, 3.8) is 0 Å². The number of hydrogen-bond acceptors (Lipinski definition) is 4. The van der Waals surface area contributed by atoms with Crippen molar-refractivity contribution in [2.75, 3.05) is 0 Å². The van der Waals surface area contributed by atoms with E-state index in [1.165, 1.54) is 12.2 Å². The summed E-state index contributed by atoms with van der Waals surface area (Å²) in [5, 5.41) is 0. The summed E-state index contributed by atoms with van der Waals surface area (Å²) in [5.41, 5.74) is 1.01. The van der Waals surface area contributed by atoms with Crippen LogP contribution in [0, 0.1) is 0 Å². The number of fused-ring (bicyclic) bond motifs is 1. The Labute approximate surface area is 81.8 Å². The van der Waals surface area contributed by atoms with E-state index in [9.17, 15) is 9.59 Å². The van der Waals surface area contributed by atoms with Crippen molar-refractivity contribution in [2.24, 2.45) is 0 Å². The Kier molecular flexibility index (Phi) is 3.89. The maximum absolute atomic E-state index is 11.2. The molecule has 0 radical (unpaired) electrons. The fraction of sp³-hybridized carbons (Fsp3) is 0. The van der Waals surface area contributed by atoms with Crippen LogP contribution in [-0.4, -0.2) is 11.6 Å². The highest BCUT2D eigenvalue weighted by atomic mass is 16.1. The zero-order valence-corrected chi connectivity index (χ0v) is 7.69. The minimum absolute atomic E-state index is 0. The van der Waals surface area contributed by atoms with Crippen molar-refractivity contribution >= 4 is 11.6 Å². The molecular formula is C10H12N2O2. The molecule has 0 bridgehead atoms. The van der Waals surface area contributed by atoms with Crippen LogP contribution in [0.25, 0.3) is 0 Å². The Morgan fingerprint density at radius 2 is 1.07 bits per heavy atom. The lowest BCUT2D eigenvalue weighted by molar-refractivity contribution is 0.0994. The molecule has 0 fully saturated rings. The van der Waals surface area contributed by atoms with Crippen LogP contribution in [0.1, 0.15) is 20.7 Å². The van der Waals surface area contributed by atoms with Gasteiger partial charge in [-0.25, -0.2) is 0 Å². The second kappa shape index (κ2) is 4.45. The summed E-state index contributed by atoms with van der Waals surface area (Å²) < 4.78 is 0. The lowest BCUT2D eigenvalue weighted by atomic mass is 9.95. The van der Waals surface area contributed by atoms with Gasteiger partial charge in [0.1, 0.15) is 0 Å². The number of carbonyl (C=O) groups excluding carboxylic acids is 2. The van der Waals surface area contributed by atoms with Gasteiger partial charge in [-0.15, -0.1) is 0 Å². The van der Waals surface area contributed by atoms with Crippen molar-refractivity contribution in [1.29, 1.82) is 0 Å². The first kappa shape index (κ1) is 12.2. The second-order valence-corrected chi connectivity index (χ2v) is 2.61. The smallest absolute Gasteiger partial charge is 0.186 e. The van der Waals surface area contributed by atoms with Crippen LogP contribution in [0.4, 0.5) is 0 Å². The monoisotopic (exact) mass is 192 g/mol. The standard InChI is InChI=1S/C10H6O2.2H3N/c11-9-5-6-10(12)8-4-2-1-3-7(8)9;;/h1-6H;2*1H3. The van der Waals surface area contributed by atoms with E-state index in [0.29, 0.717) is 11.1 Å². The molecule has 2 rings (SSSR count). The Morgan fingerprint density at radius 1 is 0.714 bits per heavy atom. The highest BCUT2D eigenvalue weighted by Crippen LogP contribution is 2.15. The van der Waals surface area contributed by atoms with Crippen LogP contribution in [0.3, 0.4) is 0 Å². The lowest BCUT2D eigenvalue weighted by Crippen LogP contribution is -2.10. The highest BCUT2D eigenvalue weighted by Gasteiger charge is 2.16. The van der Waals surface area contributed by atoms with Crippen LogP contribution >= 0.6 is 0 Å². The lowest BCUT2D eigenvalue weighted by Gasteiger charge is -2.06. The number of benzene rings is 1. The molecule has 6 N–H and O–H groups in total. The first-order valence-corrected chi connectivity index (χ1v) is 3.65. The van der Waals surface area contributed by atoms with Gasteiger partial charge in [-0.3, -0.25) is 9.59 Å². The Hall–Kier alpha value is -1.78. The number of rotatable bonds is 0. The van der Waals surface area contributed by atoms with Crippen molar-refractivity contribution in [3.05, 3.63) is 47.5 Å². The predicted octanol–water partition coefficient (Wildman–Crippen LogP) is 1.95. The van der Waals surface area contributed by atoms with Gasteiger partial charge < -0.3 is 12.3 Å². The van der Waals surface area contributed by atoms with Gasteiger partial charge in [0.2, 0.25) is 0 Å². The molecule has 1 aromatic rings. The molecule has 0 heterocycles. The summed E-state index contributed by atoms with van der Waals surface area (Å²) in [6.45, 7) is 0. The fourth-order valence-electron chi connectivity index (χ4n) is 1.24. The summed E-state index contributed by atoms with van der Waals surface area (Å²) in [7, 11) is 0. The number of carbonyl (C=O) groups is 2. The van der Waals surface area contributed by atoms with Gasteiger partial charge in [-0.2, -0.15) is 0 Å². The van der Waals surface area contributed by atoms with E-state index >= 15 is 0 Å². The second-order valence-electron chi connectivity index (χ2n) is 2.61. The predicted molar refractivity (Wildman–Crippen MR) is 54.3 cm³/mol. The Bertz CT molecular complexity index is 360. The summed E-state index contributed by atoms with van der Waals surface area (Å²) in [4.78, 5) is 22.4. The van der Waals surface area contributed by atoms with Crippen molar-refractivity contribution < 1.29 is 9.59 Å². The first-order chi connectivity index (χ1) is 5.79. The van der Waals surface area contributed by atoms with Gasteiger partial charge in [0.25, 0.3) is 0 Å². The Balaban J connectivity index is 0.000000845. The third-order valence-electron chi connectivity index (χ3n) is 1.84. The molecule has 1 aliphatic carbocycles. The molecule has 0 aliphatic heterocycles. The zero-order chi connectivity index (χ0) is 8.55. The van der Waals surface area contributed by atoms with E-state index < -0.39 is 0 Å². The van der Waals surface area contributed by atoms with Gasteiger partial charge in [-0.05, 0) is 12.2 Å². The SMILES string of the molecule is N.N.O=C1C=CC(=O)c2ccccc21. The van der Waals surface area contributed by atoms with E-state index in [2.05, 4.69) is 0 Å². The van der Waals surface area contributed by atoms with E-state index in [1.807, 2.05) is 0 Å². The van der Waals surface area contributed by atoms with Gasteiger partial charge in [0, 0.05) is 11.1 Å². The largest absolute Gasteiger partial charge is 0.344 e.